The Balaban J connectivity index is 3.79. The molecule has 0 fully saturated rings. The molecule has 0 saturated carbocycles. The van der Waals surface area contributed by atoms with Crippen LogP contribution in [0.3, 0.4) is 0 Å². The summed E-state index contributed by atoms with van der Waals surface area (Å²) in [6.07, 6.45) is 0.0193. The van der Waals surface area contributed by atoms with Gasteiger partial charge in [-0.05, 0) is 27.7 Å². The van der Waals surface area contributed by atoms with Gasteiger partial charge in [0.2, 0.25) is 0 Å². The molecule has 0 unspecified atom stereocenters. The van der Waals surface area contributed by atoms with Crippen molar-refractivity contribution in [1.29, 1.82) is 0 Å². The Morgan fingerprint density at radius 2 is 1.18 bits per heavy atom. The molecule has 0 aromatic heterocycles. The van der Waals surface area contributed by atoms with Crippen LogP contribution in [0, 0.1) is 0 Å². The third-order valence-electron chi connectivity index (χ3n) is 0.746. The minimum absolute atomic E-state index is 0.00965. The lowest BCUT2D eigenvalue weighted by Crippen LogP contribution is -2.34. The van der Waals surface area contributed by atoms with Gasteiger partial charge in [-0.2, -0.15) is 0 Å². The lowest BCUT2D eigenvalue weighted by Gasteiger charge is -2.21. The second-order valence-corrected chi connectivity index (χ2v) is 7.76. The molecule has 5 heteroatoms. The maximum absolute atomic E-state index is 5.79. The zero-order chi connectivity index (χ0) is 9.07. The molecule has 11 heavy (non-hydrogen) atoms. The average Bonchev–Trinajstić information content (AvgIpc) is 1.53. The molecular weight excluding hydrogens is 203 g/mol. The molecule has 0 aromatic carbocycles. The van der Waals surface area contributed by atoms with Gasteiger partial charge in [0.25, 0.3) is 0 Å². The Morgan fingerprint density at radius 1 is 0.909 bits per heavy atom. The molecule has 0 radical (unpaired) electrons. The van der Waals surface area contributed by atoms with E-state index in [9.17, 15) is 0 Å². The van der Waals surface area contributed by atoms with Crippen molar-refractivity contribution in [2.24, 2.45) is 0 Å². The van der Waals surface area contributed by atoms with Crippen LogP contribution >= 0.6 is 22.2 Å². The van der Waals surface area contributed by atoms with E-state index in [2.05, 4.69) is 0 Å². The van der Waals surface area contributed by atoms with E-state index >= 15 is 0 Å². The number of halogens is 2. The van der Waals surface area contributed by atoms with E-state index in [1.165, 1.54) is 0 Å². The molecule has 0 aliphatic rings. The van der Waals surface area contributed by atoms with Gasteiger partial charge >= 0.3 is 7.18 Å². The van der Waals surface area contributed by atoms with Crippen LogP contribution in [0.2, 0.25) is 0 Å². The largest absolute Gasteiger partial charge is 0.551 e. The summed E-state index contributed by atoms with van der Waals surface area (Å²) in [6, 6.07) is 0. The van der Waals surface area contributed by atoms with E-state index in [0.717, 1.165) is 0 Å². The van der Waals surface area contributed by atoms with Crippen molar-refractivity contribution in [2.45, 2.75) is 39.9 Å². The van der Waals surface area contributed by atoms with Crippen molar-refractivity contribution >= 4 is 29.3 Å². The maximum atomic E-state index is 5.79. The molecule has 0 amide bonds. The third-order valence-corrected chi connectivity index (χ3v) is 3.31. The first-order valence-corrected chi connectivity index (χ1v) is 7.41. The summed E-state index contributed by atoms with van der Waals surface area (Å²) < 4.78 is 10.4. The Hall–Kier alpha value is 0.717. The first kappa shape index (κ1) is 11.7. The van der Waals surface area contributed by atoms with E-state index in [1.54, 1.807) is 0 Å². The zero-order valence-electron chi connectivity index (χ0n) is 7.23. The summed E-state index contributed by atoms with van der Waals surface area (Å²) in [5, 5.41) is 0. The van der Waals surface area contributed by atoms with Crippen LogP contribution in [0.15, 0.2) is 0 Å². The summed E-state index contributed by atoms with van der Waals surface area (Å²) in [4.78, 5) is 0. The number of hydrogen-bond donors (Lipinski definition) is 0. The van der Waals surface area contributed by atoms with Crippen LogP contribution in [0.4, 0.5) is 0 Å². The van der Waals surface area contributed by atoms with E-state index in [-0.39, 0.29) is 12.2 Å². The summed E-state index contributed by atoms with van der Waals surface area (Å²) in [5.41, 5.74) is 0. The second kappa shape index (κ2) is 4.67. The Kier molecular flexibility index (Phi) is 4.98. The molecule has 0 N–H and O–H groups in total. The topological polar surface area (TPSA) is 18.5 Å². The SMILES string of the molecule is CC(C)O[Si](Cl)(Cl)OC(C)C. The lowest BCUT2D eigenvalue weighted by atomic mass is 10.5. The standard InChI is InChI=1S/C6H14Cl2O2Si/c1-5(2)9-11(7,8)10-6(3)4/h5-6H,1-4H3. The van der Waals surface area contributed by atoms with Crippen molar-refractivity contribution in [3.63, 3.8) is 0 Å². The normalized spacial score (nSPS) is 13.1. The minimum atomic E-state index is -2.89. The monoisotopic (exact) mass is 216 g/mol. The quantitative estimate of drug-likeness (QED) is 0.532. The van der Waals surface area contributed by atoms with Crippen LogP contribution < -0.4 is 0 Å². The van der Waals surface area contributed by atoms with Gasteiger partial charge in [0.1, 0.15) is 0 Å². The highest BCUT2D eigenvalue weighted by atomic mass is 35.7. The zero-order valence-corrected chi connectivity index (χ0v) is 9.74. The van der Waals surface area contributed by atoms with Crippen molar-refractivity contribution in [1.82, 2.24) is 0 Å². The van der Waals surface area contributed by atoms with Gasteiger partial charge in [0, 0.05) is 12.2 Å². The molecule has 0 aromatic rings. The molecule has 0 rings (SSSR count). The maximum Gasteiger partial charge on any atom is 0.551 e. The molecule has 0 aliphatic carbocycles. The fourth-order valence-electron chi connectivity index (χ4n) is 0.577. The van der Waals surface area contributed by atoms with E-state index in [0.29, 0.717) is 0 Å². The third kappa shape index (κ3) is 7.09. The number of rotatable bonds is 4. The highest BCUT2D eigenvalue weighted by Crippen LogP contribution is 2.21. The predicted octanol–water partition coefficient (Wildman–Crippen LogP) is 2.75. The van der Waals surface area contributed by atoms with Gasteiger partial charge in [-0.3, -0.25) is 0 Å². The fraction of sp³-hybridized carbons (Fsp3) is 1.00. The van der Waals surface area contributed by atoms with Gasteiger partial charge in [-0.1, -0.05) is 22.2 Å². The van der Waals surface area contributed by atoms with Crippen molar-refractivity contribution in [3.8, 4) is 0 Å². The molecule has 0 spiro atoms. The smallest absolute Gasteiger partial charge is 0.369 e. The summed E-state index contributed by atoms with van der Waals surface area (Å²) in [5.74, 6) is 0. The van der Waals surface area contributed by atoms with Crippen LogP contribution in [-0.2, 0) is 8.85 Å². The molecule has 0 saturated heterocycles. The van der Waals surface area contributed by atoms with Gasteiger partial charge in [0.15, 0.2) is 0 Å². The van der Waals surface area contributed by atoms with E-state index in [4.69, 9.17) is 31.0 Å². The van der Waals surface area contributed by atoms with Gasteiger partial charge < -0.3 is 8.85 Å². The first-order chi connectivity index (χ1) is 4.83. The van der Waals surface area contributed by atoms with E-state index < -0.39 is 7.18 Å². The van der Waals surface area contributed by atoms with Crippen LogP contribution in [0.1, 0.15) is 27.7 Å². The van der Waals surface area contributed by atoms with Crippen LogP contribution in [0.5, 0.6) is 0 Å². The summed E-state index contributed by atoms with van der Waals surface area (Å²) in [6.45, 7) is 7.48. The molecule has 0 bridgehead atoms. The second-order valence-electron chi connectivity index (χ2n) is 2.80. The fourth-order valence-corrected chi connectivity index (χ4v) is 3.87. The van der Waals surface area contributed by atoms with Crippen LogP contribution in [-0.4, -0.2) is 19.4 Å². The van der Waals surface area contributed by atoms with Crippen LogP contribution in [0.25, 0.3) is 0 Å². The first-order valence-electron chi connectivity index (χ1n) is 3.57. The lowest BCUT2D eigenvalue weighted by molar-refractivity contribution is 0.136. The number of hydrogen-bond acceptors (Lipinski definition) is 2. The molecule has 0 heterocycles. The molecule has 0 atom stereocenters. The van der Waals surface area contributed by atoms with Crippen molar-refractivity contribution in [2.75, 3.05) is 0 Å². The van der Waals surface area contributed by atoms with Crippen molar-refractivity contribution < 1.29 is 8.85 Å². The molecule has 0 aliphatic heterocycles. The Morgan fingerprint density at radius 3 is 1.36 bits per heavy atom. The highest BCUT2D eigenvalue weighted by molar-refractivity contribution is 7.39. The van der Waals surface area contributed by atoms with Gasteiger partial charge in [-0.25, -0.2) is 0 Å². The predicted molar refractivity (Wildman–Crippen MR) is 49.9 cm³/mol. The highest BCUT2D eigenvalue weighted by Gasteiger charge is 2.36. The van der Waals surface area contributed by atoms with E-state index in [1.807, 2.05) is 27.7 Å². The van der Waals surface area contributed by atoms with Gasteiger partial charge in [0.05, 0.1) is 0 Å². The summed E-state index contributed by atoms with van der Waals surface area (Å²) >= 11 is 11.6. The molecule has 2 nitrogen and oxygen atoms in total. The molecular formula is C6H14Cl2O2Si. The molecule has 68 valence electrons. The summed E-state index contributed by atoms with van der Waals surface area (Å²) in [7, 11) is -2.89. The Bertz CT molecular complexity index is 105. The Labute approximate surface area is 78.4 Å². The average molecular weight is 217 g/mol. The minimum Gasteiger partial charge on any atom is -0.369 e. The van der Waals surface area contributed by atoms with Crippen molar-refractivity contribution in [3.05, 3.63) is 0 Å². The van der Waals surface area contributed by atoms with Gasteiger partial charge in [-0.15, -0.1) is 0 Å².